The van der Waals surface area contributed by atoms with Crippen molar-refractivity contribution < 1.29 is 14.4 Å². The van der Waals surface area contributed by atoms with E-state index in [0.29, 0.717) is 21.4 Å². The molecule has 2 aromatic rings. The quantitative estimate of drug-likeness (QED) is 0.667. The van der Waals surface area contributed by atoms with E-state index in [1.165, 1.54) is 19.1 Å². The summed E-state index contributed by atoms with van der Waals surface area (Å²) < 4.78 is 0. The minimum absolute atomic E-state index is 0.285. The smallest absolute Gasteiger partial charge is 0.235 e. The molecule has 1 atom stereocenters. The van der Waals surface area contributed by atoms with Gasteiger partial charge in [0.05, 0.1) is 10.0 Å². The Morgan fingerprint density at radius 1 is 0.885 bits per heavy atom. The van der Waals surface area contributed by atoms with Crippen LogP contribution in [0.1, 0.15) is 13.3 Å². The Balaban J connectivity index is 2.03. The molecule has 0 saturated heterocycles. The van der Waals surface area contributed by atoms with E-state index in [1.807, 2.05) is 0 Å². The van der Waals surface area contributed by atoms with Crippen LogP contribution in [0.2, 0.25) is 15.1 Å². The second kappa shape index (κ2) is 9.03. The summed E-state index contributed by atoms with van der Waals surface area (Å²) in [4.78, 5) is 36.3. The van der Waals surface area contributed by atoms with Crippen molar-refractivity contribution in [3.63, 3.8) is 0 Å². The third-order valence-corrected chi connectivity index (χ3v) is 4.50. The molecular formula is C18H15Cl3N2O3. The normalized spacial score (nSPS) is 11.5. The lowest BCUT2D eigenvalue weighted by Gasteiger charge is -2.14. The van der Waals surface area contributed by atoms with Gasteiger partial charge >= 0.3 is 0 Å². The van der Waals surface area contributed by atoms with E-state index in [1.54, 1.807) is 30.3 Å². The minimum Gasteiger partial charge on any atom is -0.326 e. The molecule has 2 amide bonds. The van der Waals surface area contributed by atoms with Gasteiger partial charge in [-0.25, -0.2) is 0 Å². The van der Waals surface area contributed by atoms with Gasteiger partial charge in [0.15, 0.2) is 0 Å². The third-order valence-electron chi connectivity index (χ3n) is 3.51. The number of benzene rings is 2. The van der Waals surface area contributed by atoms with Crippen LogP contribution in [0.3, 0.4) is 0 Å². The molecule has 0 bridgehead atoms. The number of carbonyl (C=O) groups is 3. The van der Waals surface area contributed by atoms with Crippen LogP contribution >= 0.6 is 34.8 Å². The van der Waals surface area contributed by atoms with Gasteiger partial charge in [-0.05, 0) is 49.4 Å². The molecule has 2 rings (SSSR count). The molecule has 0 radical (unpaired) electrons. The molecule has 136 valence electrons. The number of nitrogens with one attached hydrogen (secondary N) is 2. The average Bonchev–Trinajstić information content (AvgIpc) is 2.57. The summed E-state index contributed by atoms with van der Waals surface area (Å²) in [5.74, 6) is -2.59. The number of carbonyl (C=O) groups excluding carboxylic acids is 3. The number of ketones is 1. The monoisotopic (exact) mass is 412 g/mol. The van der Waals surface area contributed by atoms with Gasteiger partial charge in [0, 0.05) is 22.8 Å². The molecule has 26 heavy (non-hydrogen) atoms. The van der Waals surface area contributed by atoms with Gasteiger partial charge in [-0.1, -0.05) is 34.8 Å². The van der Waals surface area contributed by atoms with Crippen molar-refractivity contribution in [1.82, 2.24) is 0 Å². The lowest BCUT2D eigenvalue weighted by molar-refractivity contribution is -0.133. The molecular weight excluding hydrogens is 399 g/mol. The van der Waals surface area contributed by atoms with Crippen LogP contribution in [0.15, 0.2) is 42.5 Å². The van der Waals surface area contributed by atoms with E-state index in [9.17, 15) is 14.4 Å². The topological polar surface area (TPSA) is 75.3 Å². The highest BCUT2D eigenvalue weighted by atomic mass is 35.5. The zero-order valence-electron chi connectivity index (χ0n) is 13.7. The summed E-state index contributed by atoms with van der Waals surface area (Å²) in [5.41, 5.74) is 0.903. The van der Waals surface area contributed by atoms with E-state index >= 15 is 0 Å². The van der Waals surface area contributed by atoms with E-state index in [0.717, 1.165) is 0 Å². The van der Waals surface area contributed by atoms with Crippen LogP contribution in [0.4, 0.5) is 11.4 Å². The van der Waals surface area contributed by atoms with E-state index in [-0.39, 0.29) is 11.4 Å². The van der Waals surface area contributed by atoms with Gasteiger partial charge in [-0.15, -0.1) is 0 Å². The van der Waals surface area contributed by atoms with E-state index in [2.05, 4.69) is 10.6 Å². The fourth-order valence-electron chi connectivity index (χ4n) is 2.15. The van der Waals surface area contributed by atoms with E-state index in [4.69, 9.17) is 34.8 Å². The Morgan fingerprint density at radius 2 is 1.50 bits per heavy atom. The number of amides is 2. The lowest BCUT2D eigenvalue weighted by atomic mass is 9.99. The van der Waals surface area contributed by atoms with Crippen LogP contribution in [-0.4, -0.2) is 17.6 Å². The SMILES string of the molecule is CC(=O)C(CC(=O)Nc1ccc(Cl)c(Cl)c1)C(=O)Nc1ccc(Cl)cc1. The Bertz CT molecular complexity index is 838. The van der Waals surface area contributed by atoms with Gasteiger partial charge in [0.25, 0.3) is 0 Å². The largest absolute Gasteiger partial charge is 0.326 e. The predicted molar refractivity (Wildman–Crippen MR) is 104 cm³/mol. The van der Waals surface area contributed by atoms with Crippen molar-refractivity contribution >= 4 is 63.8 Å². The maximum Gasteiger partial charge on any atom is 0.235 e. The van der Waals surface area contributed by atoms with Crippen LogP contribution in [0, 0.1) is 5.92 Å². The first-order valence-electron chi connectivity index (χ1n) is 7.58. The zero-order chi connectivity index (χ0) is 19.3. The van der Waals surface area contributed by atoms with Crippen molar-refractivity contribution in [2.24, 2.45) is 5.92 Å². The van der Waals surface area contributed by atoms with Crippen molar-refractivity contribution in [2.75, 3.05) is 10.6 Å². The Morgan fingerprint density at radius 3 is 2.08 bits per heavy atom. The van der Waals surface area contributed by atoms with Gasteiger partial charge < -0.3 is 10.6 Å². The Labute approximate surface area is 165 Å². The third kappa shape index (κ3) is 5.73. The molecule has 0 spiro atoms. The minimum atomic E-state index is -1.12. The average molecular weight is 414 g/mol. The summed E-state index contributed by atoms with van der Waals surface area (Å²) in [5, 5.41) is 6.35. The summed E-state index contributed by atoms with van der Waals surface area (Å²) in [7, 11) is 0. The predicted octanol–water partition coefficient (Wildman–Crippen LogP) is 4.82. The maximum absolute atomic E-state index is 12.3. The molecule has 2 N–H and O–H groups in total. The molecule has 0 fully saturated rings. The molecule has 5 nitrogen and oxygen atoms in total. The van der Waals surface area contributed by atoms with Crippen LogP contribution in [-0.2, 0) is 14.4 Å². The second-order valence-corrected chi connectivity index (χ2v) is 6.79. The molecule has 0 aliphatic rings. The first-order chi connectivity index (χ1) is 12.3. The second-order valence-electron chi connectivity index (χ2n) is 5.54. The molecule has 0 aliphatic heterocycles. The number of rotatable bonds is 6. The molecule has 0 saturated carbocycles. The molecule has 1 unspecified atom stereocenters. The highest BCUT2D eigenvalue weighted by Gasteiger charge is 2.26. The number of Topliss-reactive ketones (excluding diaryl/α,β-unsaturated/α-hetero) is 1. The molecule has 8 heteroatoms. The number of halogens is 3. The van der Waals surface area contributed by atoms with E-state index < -0.39 is 23.5 Å². The fraction of sp³-hybridized carbons (Fsp3) is 0.167. The van der Waals surface area contributed by atoms with Crippen LogP contribution < -0.4 is 10.6 Å². The van der Waals surface area contributed by atoms with Crippen molar-refractivity contribution in [3.05, 3.63) is 57.5 Å². The summed E-state index contributed by atoms with van der Waals surface area (Å²) >= 11 is 17.5. The molecule has 0 aliphatic carbocycles. The van der Waals surface area contributed by atoms with Crippen molar-refractivity contribution in [1.29, 1.82) is 0 Å². The zero-order valence-corrected chi connectivity index (χ0v) is 16.0. The number of hydrogen-bond donors (Lipinski definition) is 2. The van der Waals surface area contributed by atoms with Gasteiger partial charge in [-0.3, -0.25) is 14.4 Å². The maximum atomic E-state index is 12.3. The first-order valence-corrected chi connectivity index (χ1v) is 8.71. The lowest BCUT2D eigenvalue weighted by Crippen LogP contribution is -2.32. The molecule has 0 aromatic heterocycles. The summed E-state index contributed by atoms with van der Waals surface area (Å²) in [6.07, 6.45) is -0.297. The summed E-state index contributed by atoms with van der Waals surface area (Å²) in [6.45, 7) is 1.26. The van der Waals surface area contributed by atoms with Gasteiger partial charge in [-0.2, -0.15) is 0 Å². The molecule has 0 heterocycles. The number of anilines is 2. The van der Waals surface area contributed by atoms with Gasteiger partial charge in [0.2, 0.25) is 11.8 Å². The van der Waals surface area contributed by atoms with Crippen LogP contribution in [0.25, 0.3) is 0 Å². The fourth-order valence-corrected chi connectivity index (χ4v) is 2.58. The Kier molecular flexibility index (Phi) is 7.03. The van der Waals surface area contributed by atoms with Crippen LogP contribution in [0.5, 0.6) is 0 Å². The Hall–Kier alpha value is -2.08. The number of hydrogen-bond acceptors (Lipinski definition) is 3. The first kappa shape index (κ1) is 20.2. The standard InChI is InChI=1S/C18H15Cl3N2O3/c1-10(24)14(18(26)23-12-4-2-11(19)3-5-12)9-17(25)22-13-6-7-15(20)16(21)8-13/h2-8,14H,9H2,1H3,(H,22,25)(H,23,26). The van der Waals surface area contributed by atoms with Gasteiger partial charge in [0.1, 0.15) is 11.7 Å². The summed E-state index contributed by atoms with van der Waals surface area (Å²) in [6, 6.07) is 11.0. The molecule has 2 aromatic carbocycles. The highest BCUT2D eigenvalue weighted by molar-refractivity contribution is 6.42. The van der Waals surface area contributed by atoms with Crippen molar-refractivity contribution in [3.8, 4) is 0 Å². The van der Waals surface area contributed by atoms with Crippen molar-refractivity contribution in [2.45, 2.75) is 13.3 Å². The highest BCUT2D eigenvalue weighted by Crippen LogP contribution is 2.25.